The van der Waals surface area contributed by atoms with E-state index in [4.69, 9.17) is 4.74 Å². The van der Waals surface area contributed by atoms with Gasteiger partial charge in [-0.15, -0.1) is 0 Å². The van der Waals surface area contributed by atoms with Gasteiger partial charge in [0.15, 0.2) is 0 Å². The van der Waals surface area contributed by atoms with Gasteiger partial charge in [-0.25, -0.2) is 0 Å². The van der Waals surface area contributed by atoms with Gasteiger partial charge in [0.25, 0.3) is 0 Å². The van der Waals surface area contributed by atoms with E-state index < -0.39 is 12.2 Å². The van der Waals surface area contributed by atoms with E-state index >= 15 is 0 Å². The van der Waals surface area contributed by atoms with Crippen LogP contribution in [-0.4, -0.2) is 46.6 Å². The van der Waals surface area contributed by atoms with E-state index in [-0.39, 0.29) is 12.7 Å². The molecule has 0 radical (unpaired) electrons. The van der Waals surface area contributed by atoms with Crippen molar-refractivity contribution >= 4 is 11.8 Å². The first kappa shape index (κ1) is 16.3. The number of thioether (sulfide) groups is 1. The van der Waals surface area contributed by atoms with Crippen LogP contribution in [0.15, 0.2) is 0 Å². The van der Waals surface area contributed by atoms with Crippen molar-refractivity contribution in [3.8, 4) is 0 Å². The normalized spacial score (nSPS) is 27.8. The van der Waals surface area contributed by atoms with Crippen molar-refractivity contribution in [2.45, 2.75) is 70.2 Å². The Bertz CT molecular complexity index is 201. The van der Waals surface area contributed by atoms with E-state index in [0.29, 0.717) is 0 Å². The molecule has 2 N–H and O–H groups in total. The van der Waals surface area contributed by atoms with Gasteiger partial charge in [-0.05, 0) is 12.2 Å². The second-order valence-electron chi connectivity index (χ2n) is 5.13. The molecule has 108 valence electrons. The topological polar surface area (TPSA) is 49.7 Å². The summed E-state index contributed by atoms with van der Waals surface area (Å²) in [5, 5.41) is 18.9. The van der Waals surface area contributed by atoms with Crippen LogP contribution in [0.25, 0.3) is 0 Å². The van der Waals surface area contributed by atoms with Crippen molar-refractivity contribution in [3.63, 3.8) is 0 Å². The van der Waals surface area contributed by atoms with E-state index in [0.717, 1.165) is 11.5 Å². The zero-order valence-corrected chi connectivity index (χ0v) is 12.3. The molecule has 0 aromatic carbocycles. The van der Waals surface area contributed by atoms with Crippen LogP contribution in [0, 0.1) is 0 Å². The van der Waals surface area contributed by atoms with Crippen LogP contribution in [0.5, 0.6) is 0 Å². The molecule has 1 saturated heterocycles. The summed E-state index contributed by atoms with van der Waals surface area (Å²) in [6.45, 7) is 2.52. The summed E-state index contributed by atoms with van der Waals surface area (Å²) < 4.78 is 5.33. The molecule has 18 heavy (non-hydrogen) atoms. The maximum absolute atomic E-state index is 9.59. The molecular formula is C14H28O3S. The second-order valence-corrected chi connectivity index (χ2v) is 6.28. The largest absolute Gasteiger partial charge is 0.388 e. The minimum absolute atomic E-state index is 0.172. The molecule has 0 aromatic rings. The van der Waals surface area contributed by atoms with Crippen molar-refractivity contribution in [2.24, 2.45) is 0 Å². The number of ether oxygens (including phenoxy) is 1. The van der Waals surface area contributed by atoms with Crippen molar-refractivity contribution in [2.75, 3.05) is 18.1 Å². The molecule has 0 aromatic heterocycles. The second kappa shape index (κ2) is 10.1. The quantitative estimate of drug-likeness (QED) is 0.602. The van der Waals surface area contributed by atoms with E-state index in [1.54, 1.807) is 0 Å². The minimum atomic E-state index is -0.688. The van der Waals surface area contributed by atoms with Crippen molar-refractivity contribution in [3.05, 3.63) is 0 Å². The Hall–Kier alpha value is 0.230. The lowest BCUT2D eigenvalue weighted by molar-refractivity contribution is 0.0337. The Morgan fingerprint density at radius 1 is 1.06 bits per heavy atom. The highest BCUT2D eigenvalue weighted by Crippen LogP contribution is 2.19. The van der Waals surface area contributed by atoms with Gasteiger partial charge in [-0.1, -0.05) is 45.4 Å². The molecule has 0 aliphatic carbocycles. The molecule has 0 spiro atoms. The van der Waals surface area contributed by atoms with E-state index in [9.17, 15) is 10.2 Å². The van der Waals surface area contributed by atoms with Crippen LogP contribution in [-0.2, 0) is 4.74 Å². The summed E-state index contributed by atoms with van der Waals surface area (Å²) in [6.07, 6.45) is 7.80. The van der Waals surface area contributed by atoms with Crippen LogP contribution in [0.2, 0.25) is 0 Å². The highest BCUT2D eigenvalue weighted by Gasteiger charge is 2.33. The van der Waals surface area contributed by atoms with Crippen molar-refractivity contribution in [1.29, 1.82) is 0 Å². The van der Waals surface area contributed by atoms with Gasteiger partial charge in [-0.2, -0.15) is 11.8 Å². The minimum Gasteiger partial charge on any atom is -0.388 e. The Morgan fingerprint density at radius 3 is 2.33 bits per heavy atom. The maximum atomic E-state index is 9.59. The molecule has 0 amide bonds. The highest BCUT2D eigenvalue weighted by molar-refractivity contribution is 7.99. The molecule has 1 fully saturated rings. The molecule has 1 aliphatic rings. The summed E-state index contributed by atoms with van der Waals surface area (Å²) in [7, 11) is 0. The van der Waals surface area contributed by atoms with Crippen LogP contribution in [0.3, 0.4) is 0 Å². The van der Waals surface area contributed by atoms with Crippen molar-refractivity contribution < 1.29 is 14.9 Å². The molecule has 3 unspecified atom stereocenters. The number of hydrogen-bond acceptors (Lipinski definition) is 4. The summed E-state index contributed by atoms with van der Waals surface area (Å²) in [5.41, 5.74) is 0. The first-order valence-electron chi connectivity index (χ1n) is 7.31. The Balaban J connectivity index is 1.84. The summed E-state index contributed by atoms with van der Waals surface area (Å²) in [4.78, 5) is 0. The van der Waals surface area contributed by atoms with E-state index in [1.165, 1.54) is 44.9 Å². The zero-order valence-electron chi connectivity index (χ0n) is 11.5. The number of aliphatic hydroxyl groups is 2. The van der Waals surface area contributed by atoms with Gasteiger partial charge in [0.2, 0.25) is 0 Å². The number of unbranched alkanes of at least 4 members (excludes halogenated alkanes) is 6. The third kappa shape index (κ3) is 6.41. The fourth-order valence-corrected chi connectivity index (χ4v) is 3.28. The third-order valence-electron chi connectivity index (χ3n) is 3.43. The highest BCUT2D eigenvalue weighted by atomic mass is 32.2. The Morgan fingerprint density at radius 2 is 1.72 bits per heavy atom. The van der Waals surface area contributed by atoms with Crippen LogP contribution < -0.4 is 0 Å². The van der Waals surface area contributed by atoms with Gasteiger partial charge >= 0.3 is 0 Å². The fourth-order valence-electron chi connectivity index (χ4n) is 2.17. The lowest BCUT2D eigenvalue weighted by atomic mass is 10.1. The molecule has 1 rings (SSSR count). The third-order valence-corrected chi connectivity index (χ3v) is 4.57. The predicted molar refractivity (Wildman–Crippen MR) is 77.1 cm³/mol. The molecule has 1 heterocycles. The molecule has 3 atom stereocenters. The van der Waals surface area contributed by atoms with Gasteiger partial charge < -0.3 is 14.9 Å². The average Bonchev–Trinajstić information content (AvgIpc) is 2.68. The first-order valence-corrected chi connectivity index (χ1v) is 8.46. The average molecular weight is 276 g/mol. The van der Waals surface area contributed by atoms with Gasteiger partial charge in [0.1, 0.15) is 12.2 Å². The number of rotatable bonds is 10. The monoisotopic (exact) mass is 276 g/mol. The lowest BCUT2D eigenvalue weighted by Crippen LogP contribution is -2.31. The summed E-state index contributed by atoms with van der Waals surface area (Å²) >= 11 is 1.83. The smallest absolute Gasteiger partial charge is 0.109 e. The molecule has 0 bridgehead atoms. The predicted octanol–water partition coefficient (Wildman–Crippen LogP) is 2.59. The lowest BCUT2D eigenvalue weighted by Gasteiger charge is -2.14. The standard InChI is InChI=1S/C14H28O3S/c1-2-3-4-5-6-7-8-9-18-11-13-14(16)12(15)10-17-13/h12-16H,2-11H2,1H3. The summed E-state index contributed by atoms with van der Waals surface area (Å²) in [5.74, 6) is 1.94. The van der Waals surface area contributed by atoms with Crippen molar-refractivity contribution in [1.82, 2.24) is 0 Å². The Kier molecular flexibility index (Phi) is 9.11. The van der Waals surface area contributed by atoms with Gasteiger partial charge in [0, 0.05) is 5.75 Å². The SMILES string of the molecule is CCCCCCCCCSCC1OCC(O)C1O. The number of hydrogen-bond donors (Lipinski definition) is 2. The Labute approximate surface area is 115 Å². The molecule has 4 heteroatoms. The van der Waals surface area contributed by atoms with E-state index in [2.05, 4.69) is 6.92 Å². The van der Waals surface area contributed by atoms with Gasteiger partial charge in [0.05, 0.1) is 12.7 Å². The van der Waals surface area contributed by atoms with Crippen LogP contribution >= 0.6 is 11.8 Å². The van der Waals surface area contributed by atoms with Crippen LogP contribution in [0.4, 0.5) is 0 Å². The molecular weight excluding hydrogens is 248 g/mol. The fraction of sp³-hybridized carbons (Fsp3) is 1.00. The molecule has 1 aliphatic heterocycles. The van der Waals surface area contributed by atoms with Gasteiger partial charge in [-0.3, -0.25) is 0 Å². The summed E-state index contributed by atoms with van der Waals surface area (Å²) in [6, 6.07) is 0. The first-order chi connectivity index (χ1) is 8.75. The number of aliphatic hydroxyl groups excluding tert-OH is 2. The maximum Gasteiger partial charge on any atom is 0.109 e. The van der Waals surface area contributed by atoms with E-state index in [1.807, 2.05) is 11.8 Å². The molecule has 3 nitrogen and oxygen atoms in total. The molecule has 0 saturated carbocycles. The zero-order chi connectivity index (χ0) is 13.2. The van der Waals surface area contributed by atoms with Crippen LogP contribution in [0.1, 0.15) is 51.9 Å².